The van der Waals surface area contributed by atoms with Crippen LogP contribution in [0.5, 0.6) is 0 Å². The molecule has 152 valence electrons. The summed E-state index contributed by atoms with van der Waals surface area (Å²) < 4.78 is 40.0. The number of nitrogens with one attached hydrogen (secondary N) is 2. The van der Waals surface area contributed by atoms with Gasteiger partial charge in [-0.3, -0.25) is 29.9 Å². The molecule has 3 aliphatic heterocycles. The number of fused-ring (bicyclic) bond motifs is 2. The van der Waals surface area contributed by atoms with Crippen LogP contribution in [0.25, 0.3) is 0 Å². The SMILES string of the molecule is O=C(CN1CCOCC1)NNC(=O)[C@H]1CC[C@@H]2CN1C(=O)N2OS(=O)(=O)O. The zero-order valence-electron chi connectivity index (χ0n) is 14.4. The van der Waals surface area contributed by atoms with E-state index in [-0.39, 0.29) is 19.5 Å². The Morgan fingerprint density at radius 3 is 2.59 bits per heavy atom. The predicted octanol–water partition coefficient (Wildman–Crippen LogP) is -2.53. The summed E-state index contributed by atoms with van der Waals surface area (Å²) in [6.07, 6.45) is 0.560. The quantitative estimate of drug-likeness (QED) is 0.330. The second-order valence-corrected chi connectivity index (χ2v) is 7.44. The Bertz CT molecular complexity index is 709. The molecule has 4 amide bonds. The monoisotopic (exact) mass is 407 g/mol. The van der Waals surface area contributed by atoms with Crippen molar-refractivity contribution in [1.29, 1.82) is 0 Å². The smallest absolute Gasteiger partial charge is 0.379 e. The normalized spacial score (nSPS) is 26.2. The minimum absolute atomic E-state index is 0.0775. The van der Waals surface area contributed by atoms with Crippen LogP contribution in [0.4, 0.5) is 4.79 Å². The van der Waals surface area contributed by atoms with E-state index in [1.54, 1.807) is 0 Å². The average Bonchev–Trinajstić information content (AvgIpc) is 2.84. The highest BCUT2D eigenvalue weighted by Crippen LogP contribution is 2.30. The van der Waals surface area contributed by atoms with Gasteiger partial charge in [0.2, 0.25) is 0 Å². The molecule has 0 aromatic carbocycles. The van der Waals surface area contributed by atoms with E-state index in [0.717, 1.165) is 4.90 Å². The third-order valence-electron chi connectivity index (χ3n) is 4.60. The number of urea groups is 1. The molecule has 0 aromatic heterocycles. The van der Waals surface area contributed by atoms with Crippen molar-refractivity contribution in [3.63, 3.8) is 0 Å². The Labute approximate surface area is 155 Å². The molecule has 3 heterocycles. The van der Waals surface area contributed by atoms with Crippen LogP contribution in [-0.4, -0.2) is 97.2 Å². The van der Waals surface area contributed by atoms with Gasteiger partial charge < -0.3 is 9.64 Å². The van der Waals surface area contributed by atoms with E-state index in [2.05, 4.69) is 15.1 Å². The fourth-order valence-corrected chi connectivity index (χ4v) is 3.71. The summed E-state index contributed by atoms with van der Waals surface area (Å²) in [6.45, 7) is 2.52. The molecule has 14 heteroatoms. The van der Waals surface area contributed by atoms with E-state index in [4.69, 9.17) is 9.29 Å². The van der Waals surface area contributed by atoms with Gasteiger partial charge in [-0.15, -0.1) is 4.28 Å². The third-order valence-corrected chi connectivity index (χ3v) is 4.95. The van der Waals surface area contributed by atoms with E-state index in [1.807, 2.05) is 4.90 Å². The van der Waals surface area contributed by atoms with Crippen molar-refractivity contribution in [1.82, 2.24) is 25.7 Å². The largest absolute Gasteiger partial charge is 0.418 e. The number of rotatable bonds is 5. The number of morpholine rings is 1. The lowest BCUT2D eigenvalue weighted by atomic mass is 10.0. The van der Waals surface area contributed by atoms with Gasteiger partial charge in [0, 0.05) is 19.6 Å². The maximum atomic E-state index is 12.3. The lowest BCUT2D eigenvalue weighted by molar-refractivity contribution is -0.132. The van der Waals surface area contributed by atoms with Gasteiger partial charge in [0.05, 0.1) is 25.8 Å². The summed E-state index contributed by atoms with van der Waals surface area (Å²) in [5.74, 6) is -0.992. The molecule has 0 aromatic rings. The van der Waals surface area contributed by atoms with E-state index in [0.29, 0.717) is 37.8 Å². The van der Waals surface area contributed by atoms with Gasteiger partial charge in [-0.1, -0.05) is 0 Å². The molecule has 3 saturated heterocycles. The van der Waals surface area contributed by atoms with Crippen LogP contribution in [0, 0.1) is 0 Å². The van der Waals surface area contributed by atoms with Gasteiger partial charge in [0.15, 0.2) is 0 Å². The number of carbonyl (C=O) groups excluding carboxylic acids is 3. The number of hydrogen-bond acceptors (Lipinski definition) is 8. The number of ether oxygens (including phenoxy) is 1. The fraction of sp³-hybridized carbons (Fsp3) is 0.769. The molecule has 3 fully saturated rings. The molecular formula is C13H21N5O8S. The molecule has 27 heavy (non-hydrogen) atoms. The highest BCUT2D eigenvalue weighted by Gasteiger charge is 2.49. The second kappa shape index (κ2) is 7.93. The van der Waals surface area contributed by atoms with Crippen LogP contribution in [-0.2, 0) is 29.0 Å². The molecule has 3 rings (SSSR count). The van der Waals surface area contributed by atoms with Crippen LogP contribution in [0.2, 0.25) is 0 Å². The molecule has 0 unspecified atom stereocenters. The molecular weight excluding hydrogens is 386 g/mol. The summed E-state index contributed by atoms with van der Waals surface area (Å²) in [4.78, 5) is 39.5. The summed E-state index contributed by atoms with van der Waals surface area (Å²) in [7, 11) is -4.85. The standard InChI is InChI=1S/C13H21N5O8S/c19-11(8-16-3-5-25-6-4-16)14-15-12(20)10-2-1-9-7-17(10)13(21)18(9)26-27(22,23)24/h9-10H,1-8H2,(H,14,19)(H,15,20)(H,22,23,24)/t9-,10-/m1/s1. The van der Waals surface area contributed by atoms with Crippen molar-refractivity contribution >= 4 is 28.2 Å². The summed E-state index contributed by atoms with van der Waals surface area (Å²) in [5.41, 5.74) is 4.60. The lowest BCUT2D eigenvalue weighted by Gasteiger charge is -2.29. The Kier molecular flexibility index (Phi) is 5.81. The number of hydrazine groups is 1. The van der Waals surface area contributed by atoms with Crippen LogP contribution < -0.4 is 10.9 Å². The van der Waals surface area contributed by atoms with E-state index in [1.165, 1.54) is 0 Å². The molecule has 0 spiro atoms. The number of amides is 4. The number of hydroxylamine groups is 2. The van der Waals surface area contributed by atoms with Crippen molar-refractivity contribution in [2.45, 2.75) is 24.9 Å². The zero-order chi connectivity index (χ0) is 19.6. The van der Waals surface area contributed by atoms with Gasteiger partial charge >= 0.3 is 16.4 Å². The van der Waals surface area contributed by atoms with Gasteiger partial charge in [0.1, 0.15) is 6.04 Å². The van der Waals surface area contributed by atoms with E-state index < -0.39 is 40.3 Å². The highest BCUT2D eigenvalue weighted by molar-refractivity contribution is 7.80. The number of hydrogen-bond donors (Lipinski definition) is 3. The Hall–Kier alpha value is -2.00. The van der Waals surface area contributed by atoms with Crippen LogP contribution >= 0.6 is 0 Å². The first kappa shape index (κ1) is 19.8. The minimum Gasteiger partial charge on any atom is -0.379 e. The van der Waals surface area contributed by atoms with Gasteiger partial charge in [-0.05, 0) is 12.8 Å². The first-order chi connectivity index (χ1) is 12.7. The van der Waals surface area contributed by atoms with Crippen LogP contribution in [0.15, 0.2) is 0 Å². The molecule has 2 atom stereocenters. The molecule has 3 N–H and O–H groups in total. The Morgan fingerprint density at radius 2 is 1.93 bits per heavy atom. The van der Waals surface area contributed by atoms with E-state index in [9.17, 15) is 22.8 Å². The Morgan fingerprint density at radius 1 is 1.22 bits per heavy atom. The van der Waals surface area contributed by atoms with Crippen molar-refractivity contribution in [2.75, 3.05) is 39.4 Å². The molecule has 2 bridgehead atoms. The van der Waals surface area contributed by atoms with Crippen molar-refractivity contribution in [3.8, 4) is 0 Å². The first-order valence-electron chi connectivity index (χ1n) is 8.40. The first-order valence-corrected chi connectivity index (χ1v) is 9.77. The summed E-state index contributed by atoms with van der Waals surface area (Å²) in [5, 5.41) is 0.555. The molecule has 3 aliphatic rings. The third kappa shape index (κ3) is 4.84. The highest BCUT2D eigenvalue weighted by atomic mass is 32.3. The number of carbonyl (C=O) groups is 3. The minimum atomic E-state index is -4.85. The van der Waals surface area contributed by atoms with E-state index >= 15 is 0 Å². The zero-order valence-corrected chi connectivity index (χ0v) is 15.2. The van der Waals surface area contributed by atoms with Crippen molar-refractivity contribution in [3.05, 3.63) is 0 Å². The van der Waals surface area contributed by atoms with Crippen LogP contribution in [0.3, 0.4) is 0 Å². The van der Waals surface area contributed by atoms with Gasteiger partial charge in [-0.2, -0.15) is 13.5 Å². The molecule has 13 nitrogen and oxygen atoms in total. The maximum Gasteiger partial charge on any atom is 0.418 e. The van der Waals surface area contributed by atoms with Crippen molar-refractivity contribution < 1.29 is 36.4 Å². The van der Waals surface area contributed by atoms with Gasteiger partial charge in [0.25, 0.3) is 11.8 Å². The molecule has 0 saturated carbocycles. The topological polar surface area (TPSA) is 158 Å². The second-order valence-electron chi connectivity index (χ2n) is 6.44. The summed E-state index contributed by atoms with van der Waals surface area (Å²) in [6, 6.07) is -2.30. The van der Waals surface area contributed by atoms with Crippen LogP contribution in [0.1, 0.15) is 12.8 Å². The lowest BCUT2D eigenvalue weighted by Crippen LogP contribution is -2.55. The average molecular weight is 407 g/mol. The molecule has 0 aliphatic carbocycles. The summed E-state index contributed by atoms with van der Waals surface area (Å²) >= 11 is 0. The molecule has 0 radical (unpaired) electrons. The predicted molar refractivity (Wildman–Crippen MR) is 86.9 cm³/mol. The van der Waals surface area contributed by atoms with Gasteiger partial charge in [-0.25, -0.2) is 4.79 Å². The van der Waals surface area contributed by atoms with Crippen molar-refractivity contribution in [2.24, 2.45) is 0 Å². The fourth-order valence-electron chi connectivity index (χ4n) is 3.32. The number of nitrogens with zero attached hydrogens (tertiary/aromatic N) is 3. The number of piperidine rings is 1. The maximum absolute atomic E-state index is 12.3. The Balaban J connectivity index is 1.50.